The topological polar surface area (TPSA) is 47.8 Å². The first-order chi connectivity index (χ1) is 6.31. The first kappa shape index (κ1) is 8.12. The Hall–Kier alpha value is -1.49. The molecule has 0 atom stereocenters. The second-order valence-electron chi connectivity index (χ2n) is 2.53. The van der Waals surface area contributed by atoms with Gasteiger partial charge in [-0.3, -0.25) is 9.48 Å². The van der Waals surface area contributed by atoms with E-state index in [1.54, 1.807) is 17.1 Å². The Morgan fingerprint density at radius 2 is 2.46 bits per heavy atom. The van der Waals surface area contributed by atoms with Crippen molar-refractivity contribution in [2.45, 2.75) is 0 Å². The van der Waals surface area contributed by atoms with Crippen molar-refractivity contribution in [3.8, 4) is 10.7 Å². The lowest BCUT2D eigenvalue weighted by molar-refractivity contribution is 0.112. The Kier molecular flexibility index (Phi) is 1.94. The van der Waals surface area contributed by atoms with Crippen LogP contribution in [0.15, 0.2) is 18.5 Å². The summed E-state index contributed by atoms with van der Waals surface area (Å²) >= 11 is 1.36. The van der Waals surface area contributed by atoms with Crippen molar-refractivity contribution in [3.05, 3.63) is 23.3 Å². The predicted octanol–water partition coefficient (Wildman–Crippen LogP) is 1.36. The highest BCUT2D eigenvalue weighted by Gasteiger charge is 2.06. The lowest BCUT2D eigenvalue weighted by Gasteiger charge is -1.94. The zero-order chi connectivity index (χ0) is 9.26. The van der Waals surface area contributed by atoms with Gasteiger partial charge in [-0.15, -0.1) is 11.3 Å². The van der Waals surface area contributed by atoms with E-state index < -0.39 is 0 Å². The lowest BCUT2D eigenvalue weighted by Crippen LogP contribution is -1.92. The highest BCUT2D eigenvalue weighted by molar-refractivity contribution is 7.16. The van der Waals surface area contributed by atoms with E-state index >= 15 is 0 Å². The number of rotatable bonds is 2. The Morgan fingerprint density at radius 1 is 1.62 bits per heavy atom. The largest absolute Gasteiger partial charge is 0.297 e. The Bertz CT molecular complexity index is 432. The van der Waals surface area contributed by atoms with E-state index in [1.807, 2.05) is 13.1 Å². The number of nitrogens with zero attached hydrogens (tertiary/aromatic N) is 3. The summed E-state index contributed by atoms with van der Waals surface area (Å²) in [5.74, 6) is 0. The number of carbonyl (C=O) groups excluding carboxylic acids is 1. The van der Waals surface area contributed by atoms with Crippen molar-refractivity contribution in [2.24, 2.45) is 7.05 Å². The Morgan fingerprint density at radius 3 is 3.00 bits per heavy atom. The van der Waals surface area contributed by atoms with Crippen molar-refractivity contribution in [3.63, 3.8) is 0 Å². The molecule has 0 amide bonds. The molecule has 0 unspecified atom stereocenters. The average Bonchev–Trinajstić information content (AvgIpc) is 2.71. The summed E-state index contributed by atoms with van der Waals surface area (Å²) in [6, 6.07) is 1.87. The molecule has 2 rings (SSSR count). The third kappa shape index (κ3) is 1.38. The van der Waals surface area contributed by atoms with Gasteiger partial charge in [0.25, 0.3) is 0 Å². The monoisotopic (exact) mass is 193 g/mol. The van der Waals surface area contributed by atoms with Gasteiger partial charge in [0.05, 0.1) is 10.6 Å². The predicted molar refractivity (Wildman–Crippen MR) is 49.7 cm³/mol. The summed E-state index contributed by atoms with van der Waals surface area (Å²) in [6.07, 6.45) is 4.08. The van der Waals surface area contributed by atoms with Crippen molar-refractivity contribution in [1.29, 1.82) is 0 Å². The fraction of sp³-hybridized carbons (Fsp3) is 0.125. The maximum absolute atomic E-state index is 10.4. The normalized spacial score (nSPS) is 10.2. The van der Waals surface area contributed by atoms with Crippen LogP contribution in [0.4, 0.5) is 0 Å². The van der Waals surface area contributed by atoms with Crippen LogP contribution in [0.5, 0.6) is 0 Å². The van der Waals surface area contributed by atoms with Crippen molar-refractivity contribution in [1.82, 2.24) is 14.8 Å². The number of aromatic nitrogens is 3. The molecule has 5 heteroatoms. The van der Waals surface area contributed by atoms with Gasteiger partial charge in [-0.1, -0.05) is 0 Å². The van der Waals surface area contributed by atoms with Crippen molar-refractivity contribution < 1.29 is 4.79 Å². The second kappa shape index (κ2) is 3.10. The van der Waals surface area contributed by atoms with Gasteiger partial charge in [-0.05, 0) is 6.07 Å². The molecule has 0 aliphatic carbocycles. The van der Waals surface area contributed by atoms with E-state index in [2.05, 4.69) is 10.1 Å². The standard InChI is InChI=1S/C8H7N3OS/c1-11-7(2-3-10-11)8-9-4-6(5-12)13-8/h2-5H,1H3. The molecule has 2 aromatic heterocycles. The SMILES string of the molecule is Cn1nccc1-c1ncc(C=O)s1. The summed E-state index contributed by atoms with van der Waals surface area (Å²) in [7, 11) is 1.84. The van der Waals surface area contributed by atoms with E-state index in [1.165, 1.54) is 11.3 Å². The maximum Gasteiger partial charge on any atom is 0.161 e. The summed E-state index contributed by atoms with van der Waals surface area (Å²) < 4.78 is 1.73. The summed E-state index contributed by atoms with van der Waals surface area (Å²) in [5.41, 5.74) is 0.929. The van der Waals surface area contributed by atoms with Crippen molar-refractivity contribution >= 4 is 17.6 Å². The van der Waals surface area contributed by atoms with Crippen LogP contribution in [-0.4, -0.2) is 21.1 Å². The van der Waals surface area contributed by atoms with Gasteiger partial charge in [0, 0.05) is 19.4 Å². The molecule has 0 aliphatic heterocycles. The molecule has 0 fully saturated rings. The van der Waals surface area contributed by atoms with Crippen LogP contribution in [0.25, 0.3) is 10.7 Å². The summed E-state index contributed by atoms with van der Waals surface area (Å²) in [4.78, 5) is 15.2. The summed E-state index contributed by atoms with van der Waals surface area (Å²) in [6.45, 7) is 0. The van der Waals surface area contributed by atoms with E-state index in [9.17, 15) is 4.79 Å². The second-order valence-corrected chi connectivity index (χ2v) is 3.59. The Balaban J connectivity index is 2.46. The molecule has 13 heavy (non-hydrogen) atoms. The summed E-state index contributed by atoms with van der Waals surface area (Å²) in [5, 5.41) is 4.84. The average molecular weight is 193 g/mol. The third-order valence-corrected chi connectivity index (χ3v) is 2.62. The van der Waals surface area contributed by atoms with Gasteiger partial charge in [0.1, 0.15) is 5.01 Å². The van der Waals surface area contributed by atoms with Gasteiger partial charge in [-0.25, -0.2) is 4.98 Å². The van der Waals surface area contributed by atoms with Gasteiger partial charge >= 0.3 is 0 Å². The first-order valence-electron chi connectivity index (χ1n) is 3.70. The van der Waals surface area contributed by atoms with Gasteiger partial charge in [0.2, 0.25) is 0 Å². The highest BCUT2D eigenvalue weighted by Crippen LogP contribution is 2.22. The Labute approximate surface area is 78.8 Å². The molecule has 4 nitrogen and oxygen atoms in total. The minimum absolute atomic E-state index is 0.635. The molecule has 0 bridgehead atoms. The van der Waals surface area contributed by atoms with Crippen LogP contribution in [-0.2, 0) is 7.05 Å². The molecular formula is C8H7N3OS. The number of hydrogen-bond acceptors (Lipinski definition) is 4. The molecule has 0 saturated heterocycles. The lowest BCUT2D eigenvalue weighted by atomic mass is 10.4. The van der Waals surface area contributed by atoms with Crippen LogP contribution >= 0.6 is 11.3 Å². The van der Waals surface area contributed by atoms with Crippen LogP contribution in [0.3, 0.4) is 0 Å². The molecule has 0 aliphatic rings. The third-order valence-electron chi connectivity index (χ3n) is 1.68. The number of hydrogen-bond donors (Lipinski definition) is 0. The van der Waals surface area contributed by atoms with Gasteiger partial charge in [0.15, 0.2) is 6.29 Å². The zero-order valence-electron chi connectivity index (χ0n) is 6.97. The quantitative estimate of drug-likeness (QED) is 0.676. The molecule has 0 aromatic carbocycles. The minimum atomic E-state index is 0.635. The molecule has 66 valence electrons. The highest BCUT2D eigenvalue weighted by atomic mass is 32.1. The van der Waals surface area contributed by atoms with Gasteiger partial charge < -0.3 is 0 Å². The maximum atomic E-state index is 10.4. The van der Waals surface area contributed by atoms with E-state index in [4.69, 9.17) is 0 Å². The van der Waals surface area contributed by atoms with Crippen LogP contribution in [0, 0.1) is 0 Å². The number of aldehydes is 1. The molecule has 0 radical (unpaired) electrons. The fourth-order valence-corrected chi connectivity index (χ4v) is 1.83. The van der Waals surface area contributed by atoms with Gasteiger partial charge in [-0.2, -0.15) is 5.10 Å². The molecule has 2 aromatic rings. The molecule has 0 saturated carbocycles. The molecule has 2 heterocycles. The number of thiazole rings is 1. The molecule has 0 spiro atoms. The van der Waals surface area contributed by atoms with Crippen molar-refractivity contribution in [2.75, 3.05) is 0 Å². The van der Waals surface area contributed by atoms with Crippen LogP contribution in [0.2, 0.25) is 0 Å². The van der Waals surface area contributed by atoms with E-state index in [0.29, 0.717) is 4.88 Å². The minimum Gasteiger partial charge on any atom is -0.297 e. The number of aryl methyl sites for hydroxylation is 1. The zero-order valence-corrected chi connectivity index (χ0v) is 7.78. The number of carbonyl (C=O) groups is 1. The smallest absolute Gasteiger partial charge is 0.161 e. The molecular weight excluding hydrogens is 186 g/mol. The fourth-order valence-electron chi connectivity index (χ4n) is 1.04. The molecule has 0 N–H and O–H groups in total. The van der Waals surface area contributed by atoms with E-state index in [-0.39, 0.29) is 0 Å². The van der Waals surface area contributed by atoms with Crippen LogP contribution < -0.4 is 0 Å². The van der Waals surface area contributed by atoms with Crippen LogP contribution in [0.1, 0.15) is 9.67 Å². The van der Waals surface area contributed by atoms with E-state index in [0.717, 1.165) is 17.0 Å². The first-order valence-corrected chi connectivity index (χ1v) is 4.52.